The fourth-order valence-corrected chi connectivity index (χ4v) is 2.96. The molecule has 108 valence electrons. The standard InChI is InChI=1S/C18H26N2/c1-15(18(2)11-7-4-8-12-18)13-17(19)20-14-16-9-5-3-6-10-16/h3,5-6,9-10,13H,4,7-8,11-12,14H2,1-2H3,(H2,19,20)/b15-13+. The Morgan fingerprint density at radius 3 is 2.50 bits per heavy atom. The van der Waals surface area contributed by atoms with Crippen molar-refractivity contribution in [2.45, 2.75) is 52.5 Å². The molecule has 1 aromatic rings. The third-order valence-corrected chi connectivity index (χ3v) is 4.60. The second-order valence-corrected chi connectivity index (χ2v) is 6.20. The maximum Gasteiger partial charge on any atom is 0.118 e. The first-order valence-corrected chi connectivity index (χ1v) is 7.65. The van der Waals surface area contributed by atoms with Gasteiger partial charge < -0.3 is 5.32 Å². The lowest BCUT2D eigenvalue weighted by Gasteiger charge is -2.34. The Labute approximate surface area is 122 Å². The van der Waals surface area contributed by atoms with Gasteiger partial charge in [0, 0.05) is 6.54 Å². The molecule has 2 rings (SSSR count). The van der Waals surface area contributed by atoms with Crippen LogP contribution in [0.15, 0.2) is 42.0 Å². The van der Waals surface area contributed by atoms with Gasteiger partial charge in [0.1, 0.15) is 5.84 Å². The van der Waals surface area contributed by atoms with Crippen molar-refractivity contribution in [3.05, 3.63) is 47.5 Å². The van der Waals surface area contributed by atoms with Crippen molar-refractivity contribution >= 4 is 5.84 Å². The van der Waals surface area contributed by atoms with Gasteiger partial charge in [-0.05, 0) is 36.8 Å². The first kappa shape index (κ1) is 14.8. The smallest absolute Gasteiger partial charge is 0.118 e. The van der Waals surface area contributed by atoms with Crippen LogP contribution in [0.3, 0.4) is 0 Å². The molecule has 1 fully saturated rings. The highest BCUT2D eigenvalue weighted by molar-refractivity contribution is 5.90. The van der Waals surface area contributed by atoms with Crippen LogP contribution in [0.5, 0.6) is 0 Å². The summed E-state index contributed by atoms with van der Waals surface area (Å²) in [6, 6.07) is 10.2. The maximum atomic E-state index is 8.09. The van der Waals surface area contributed by atoms with E-state index in [1.165, 1.54) is 43.2 Å². The summed E-state index contributed by atoms with van der Waals surface area (Å²) >= 11 is 0. The third-order valence-electron chi connectivity index (χ3n) is 4.60. The molecule has 0 saturated heterocycles. The predicted octanol–water partition coefficient (Wildman–Crippen LogP) is 4.67. The van der Waals surface area contributed by atoms with Crippen LogP contribution in [0.1, 0.15) is 51.5 Å². The molecule has 0 aliphatic heterocycles. The number of hydrogen-bond donors (Lipinski definition) is 2. The van der Waals surface area contributed by atoms with Crippen LogP contribution in [-0.4, -0.2) is 5.84 Å². The minimum absolute atomic E-state index is 0.305. The van der Waals surface area contributed by atoms with Crippen molar-refractivity contribution in [1.82, 2.24) is 5.32 Å². The summed E-state index contributed by atoms with van der Waals surface area (Å²) in [7, 11) is 0. The molecule has 0 atom stereocenters. The van der Waals surface area contributed by atoms with Crippen LogP contribution in [0.2, 0.25) is 0 Å². The van der Waals surface area contributed by atoms with Gasteiger partial charge in [-0.1, -0.05) is 62.1 Å². The molecule has 2 nitrogen and oxygen atoms in total. The molecular formula is C18H26N2. The molecule has 2 heteroatoms. The summed E-state index contributed by atoms with van der Waals surface area (Å²) in [4.78, 5) is 0. The zero-order valence-electron chi connectivity index (χ0n) is 12.7. The number of nitrogens with one attached hydrogen (secondary N) is 2. The quantitative estimate of drug-likeness (QED) is 0.605. The Bertz CT molecular complexity index is 467. The minimum Gasteiger partial charge on any atom is -0.366 e. The van der Waals surface area contributed by atoms with E-state index < -0.39 is 0 Å². The zero-order chi connectivity index (χ0) is 14.4. The molecule has 1 aromatic carbocycles. The van der Waals surface area contributed by atoms with Crippen LogP contribution in [-0.2, 0) is 6.54 Å². The van der Waals surface area contributed by atoms with Crippen molar-refractivity contribution in [3.8, 4) is 0 Å². The summed E-state index contributed by atoms with van der Waals surface area (Å²) in [5.41, 5.74) is 2.87. The van der Waals surface area contributed by atoms with Crippen LogP contribution < -0.4 is 5.32 Å². The predicted molar refractivity (Wildman–Crippen MR) is 86.0 cm³/mol. The van der Waals surface area contributed by atoms with Gasteiger partial charge in [0.15, 0.2) is 0 Å². The van der Waals surface area contributed by atoms with Crippen molar-refractivity contribution < 1.29 is 0 Å². The number of allylic oxidation sites excluding steroid dienone is 1. The van der Waals surface area contributed by atoms with Gasteiger partial charge in [0.25, 0.3) is 0 Å². The van der Waals surface area contributed by atoms with E-state index in [0.717, 1.165) is 6.54 Å². The molecule has 1 saturated carbocycles. The first-order valence-electron chi connectivity index (χ1n) is 7.65. The number of amidine groups is 1. The van der Waals surface area contributed by atoms with E-state index in [1.807, 2.05) is 24.3 Å². The van der Waals surface area contributed by atoms with Crippen molar-refractivity contribution in [1.29, 1.82) is 5.41 Å². The molecule has 1 aliphatic carbocycles. The van der Waals surface area contributed by atoms with Crippen molar-refractivity contribution in [2.24, 2.45) is 5.41 Å². The van der Waals surface area contributed by atoms with Crippen molar-refractivity contribution in [3.63, 3.8) is 0 Å². The normalized spacial score (nSPS) is 18.6. The average Bonchev–Trinajstić information content (AvgIpc) is 2.47. The molecule has 1 aliphatic rings. The number of benzene rings is 1. The molecule has 0 heterocycles. The highest BCUT2D eigenvalue weighted by atomic mass is 14.9. The Morgan fingerprint density at radius 2 is 1.85 bits per heavy atom. The van der Waals surface area contributed by atoms with Gasteiger partial charge in [0.05, 0.1) is 0 Å². The summed E-state index contributed by atoms with van der Waals surface area (Å²) in [6.45, 7) is 5.26. The summed E-state index contributed by atoms with van der Waals surface area (Å²) in [5.74, 6) is 0.526. The van der Waals surface area contributed by atoms with E-state index in [-0.39, 0.29) is 0 Å². The zero-order valence-corrected chi connectivity index (χ0v) is 12.7. The summed E-state index contributed by atoms with van der Waals surface area (Å²) in [6.07, 6.45) is 8.57. The van der Waals surface area contributed by atoms with E-state index in [0.29, 0.717) is 11.3 Å². The van der Waals surface area contributed by atoms with Gasteiger partial charge in [-0.15, -0.1) is 0 Å². The molecule has 2 N–H and O–H groups in total. The van der Waals surface area contributed by atoms with Crippen LogP contribution in [0.25, 0.3) is 0 Å². The lowest BCUT2D eigenvalue weighted by atomic mass is 9.71. The average molecular weight is 270 g/mol. The van der Waals surface area contributed by atoms with E-state index in [2.05, 4.69) is 31.3 Å². The number of rotatable bonds is 4. The minimum atomic E-state index is 0.305. The fourth-order valence-electron chi connectivity index (χ4n) is 2.96. The second-order valence-electron chi connectivity index (χ2n) is 6.20. The van der Waals surface area contributed by atoms with Gasteiger partial charge >= 0.3 is 0 Å². The Morgan fingerprint density at radius 1 is 1.20 bits per heavy atom. The van der Waals surface area contributed by atoms with E-state index in [9.17, 15) is 0 Å². The molecule has 20 heavy (non-hydrogen) atoms. The first-order chi connectivity index (χ1) is 9.60. The van der Waals surface area contributed by atoms with E-state index in [1.54, 1.807) is 0 Å². The molecule has 0 amide bonds. The van der Waals surface area contributed by atoms with E-state index >= 15 is 0 Å². The van der Waals surface area contributed by atoms with Crippen LogP contribution in [0, 0.1) is 10.8 Å². The molecule has 0 unspecified atom stereocenters. The maximum absolute atomic E-state index is 8.09. The monoisotopic (exact) mass is 270 g/mol. The Hall–Kier alpha value is -1.57. The third kappa shape index (κ3) is 3.96. The lowest BCUT2D eigenvalue weighted by Crippen LogP contribution is -2.25. The highest BCUT2D eigenvalue weighted by Gasteiger charge is 2.28. The van der Waals surface area contributed by atoms with E-state index in [4.69, 9.17) is 5.41 Å². The van der Waals surface area contributed by atoms with Gasteiger partial charge in [-0.3, -0.25) is 5.41 Å². The molecule has 0 radical (unpaired) electrons. The molecular weight excluding hydrogens is 244 g/mol. The van der Waals surface area contributed by atoms with Gasteiger partial charge in [0.2, 0.25) is 0 Å². The lowest BCUT2D eigenvalue weighted by molar-refractivity contribution is 0.267. The van der Waals surface area contributed by atoms with Crippen LogP contribution >= 0.6 is 0 Å². The van der Waals surface area contributed by atoms with Gasteiger partial charge in [-0.2, -0.15) is 0 Å². The molecule has 0 bridgehead atoms. The largest absolute Gasteiger partial charge is 0.366 e. The topological polar surface area (TPSA) is 35.9 Å². The van der Waals surface area contributed by atoms with Crippen LogP contribution in [0.4, 0.5) is 0 Å². The van der Waals surface area contributed by atoms with Crippen molar-refractivity contribution in [2.75, 3.05) is 0 Å². The molecule has 0 aromatic heterocycles. The summed E-state index contributed by atoms with van der Waals surface area (Å²) in [5, 5.41) is 11.3. The SMILES string of the molecule is C/C(=C\C(=N)NCc1ccccc1)C1(C)CCCCC1. The Balaban J connectivity index is 1.90. The number of hydrogen-bond acceptors (Lipinski definition) is 1. The highest BCUT2D eigenvalue weighted by Crippen LogP contribution is 2.41. The second kappa shape index (κ2) is 6.74. The fraction of sp³-hybridized carbons (Fsp3) is 0.500. The van der Waals surface area contributed by atoms with Gasteiger partial charge in [-0.25, -0.2) is 0 Å². The summed E-state index contributed by atoms with van der Waals surface area (Å²) < 4.78 is 0. The molecule has 0 spiro atoms. The Kier molecular flexibility index (Phi) is 4.99.